The van der Waals surface area contributed by atoms with Crippen molar-refractivity contribution in [2.45, 2.75) is 26.0 Å². The summed E-state index contributed by atoms with van der Waals surface area (Å²) in [6, 6.07) is 3.57. The van der Waals surface area contributed by atoms with Gasteiger partial charge >= 0.3 is 0 Å². The average molecular weight is 330 g/mol. The quantitative estimate of drug-likeness (QED) is 0.839. The second-order valence-electron chi connectivity index (χ2n) is 5.68. The number of imidazole rings is 1. The van der Waals surface area contributed by atoms with Gasteiger partial charge in [0, 0.05) is 38.8 Å². The lowest BCUT2D eigenvalue weighted by atomic mass is 9.99. The minimum atomic E-state index is -0.329. The molecule has 0 saturated carbocycles. The molecule has 0 bridgehead atoms. The van der Waals surface area contributed by atoms with Crippen molar-refractivity contribution >= 4 is 11.7 Å². The standard InChI is InChI=1S/C17H22N4O3/c1-4-21-10-9-19-16(21)14-12(7-11-24-14)17(22)20(2)15-13(23-3)6-5-8-18-15/h5-6,8-10,12,14H,4,7,11H2,1-3H3/t12-,14-/m1/s1. The highest BCUT2D eigenvalue weighted by Gasteiger charge is 2.39. The van der Waals surface area contributed by atoms with E-state index in [1.54, 1.807) is 43.6 Å². The molecule has 7 heteroatoms. The van der Waals surface area contributed by atoms with Crippen molar-refractivity contribution in [1.82, 2.24) is 14.5 Å². The van der Waals surface area contributed by atoms with E-state index in [2.05, 4.69) is 9.97 Å². The Hall–Kier alpha value is -2.41. The van der Waals surface area contributed by atoms with Gasteiger partial charge < -0.3 is 14.0 Å². The molecule has 1 saturated heterocycles. The zero-order valence-electron chi connectivity index (χ0n) is 14.2. The molecule has 0 unspecified atom stereocenters. The van der Waals surface area contributed by atoms with E-state index in [1.165, 1.54) is 0 Å². The number of aryl methyl sites for hydroxylation is 1. The van der Waals surface area contributed by atoms with Crippen molar-refractivity contribution in [3.63, 3.8) is 0 Å². The fraction of sp³-hybridized carbons (Fsp3) is 0.471. The van der Waals surface area contributed by atoms with Gasteiger partial charge in [0.05, 0.1) is 13.0 Å². The molecule has 128 valence electrons. The molecule has 24 heavy (non-hydrogen) atoms. The smallest absolute Gasteiger partial charge is 0.234 e. The van der Waals surface area contributed by atoms with Crippen LogP contribution >= 0.6 is 0 Å². The lowest BCUT2D eigenvalue weighted by molar-refractivity contribution is -0.124. The van der Waals surface area contributed by atoms with Crippen LogP contribution < -0.4 is 9.64 Å². The maximum Gasteiger partial charge on any atom is 0.234 e. The summed E-state index contributed by atoms with van der Waals surface area (Å²) in [6.45, 7) is 3.38. The molecule has 0 N–H and O–H groups in total. The van der Waals surface area contributed by atoms with E-state index in [1.807, 2.05) is 17.7 Å². The molecule has 0 radical (unpaired) electrons. The minimum Gasteiger partial charge on any atom is -0.493 e. The molecule has 7 nitrogen and oxygen atoms in total. The van der Waals surface area contributed by atoms with Gasteiger partial charge in [0.15, 0.2) is 11.6 Å². The van der Waals surface area contributed by atoms with Gasteiger partial charge in [-0.15, -0.1) is 0 Å². The Morgan fingerprint density at radius 2 is 2.29 bits per heavy atom. The van der Waals surface area contributed by atoms with Gasteiger partial charge in [-0.2, -0.15) is 0 Å². The second kappa shape index (κ2) is 7.00. The highest BCUT2D eigenvalue weighted by atomic mass is 16.5. The van der Waals surface area contributed by atoms with Crippen LogP contribution in [0.4, 0.5) is 5.82 Å². The number of carbonyl (C=O) groups is 1. The summed E-state index contributed by atoms with van der Waals surface area (Å²) in [5.74, 6) is 1.55. The van der Waals surface area contributed by atoms with Gasteiger partial charge in [-0.25, -0.2) is 9.97 Å². The summed E-state index contributed by atoms with van der Waals surface area (Å²) < 4.78 is 13.2. The van der Waals surface area contributed by atoms with E-state index < -0.39 is 0 Å². The van der Waals surface area contributed by atoms with Crippen LogP contribution in [-0.2, 0) is 16.1 Å². The second-order valence-corrected chi connectivity index (χ2v) is 5.68. The van der Waals surface area contributed by atoms with Gasteiger partial charge in [-0.05, 0) is 25.5 Å². The first-order chi connectivity index (χ1) is 11.7. The number of ether oxygens (including phenoxy) is 2. The molecule has 0 aromatic carbocycles. The maximum atomic E-state index is 13.0. The molecule has 2 aromatic rings. The maximum absolute atomic E-state index is 13.0. The van der Waals surface area contributed by atoms with Crippen molar-refractivity contribution in [3.05, 3.63) is 36.5 Å². The molecule has 3 heterocycles. The van der Waals surface area contributed by atoms with Crippen molar-refractivity contribution in [3.8, 4) is 5.75 Å². The Morgan fingerprint density at radius 3 is 3.04 bits per heavy atom. The van der Waals surface area contributed by atoms with E-state index in [0.29, 0.717) is 24.6 Å². The molecule has 0 aliphatic carbocycles. The van der Waals surface area contributed by atoms with Crippen molar-refractivity contribution < 1.29 is 14.3 Å². The SMILES string of the molecule is CCn1ccnc1[C@@H]1OCC[C@H]1C(=O)N(C)c1ncccc1OC. The summed E-state index contributed by atoms with van der Waals surface area (Å²) in [5.41, 5.74) is 0. The van der Waals surface area contributed by atoms with Crippen molar-refractivity contribution in [1.29, 1.82) is 0 Å². The van der Waals surface area contributed by atoms with Crippen molar-refractivity contribution in [2.75, 3.05) is 25.7 Å². The number of rotatable bonds is 5. The highest BCUT2D eigenvalue weighted by molar-refractivity contribution is 5.95. The summed E-state index contributed by atoms with van der Waals surface area (Å²) in [7, 11) is 3.28. The molecule has 0 spiro atoms. The molecular formula is C17H22N4O3. The predicted octanol–water partition coefficient (Wildman–Crippen LogP) is 2.05. The Morgan fingerprint density at radius 1 is 1.46 bits per heavy atom. The Balaban J connectivity index is 1.85. The molecule has 1 fully saturated rings. The van der Waals surface area contributed by atoms with E-state index >= 15 is 0 Å². The molecule has 2 aromatic heterocycles. The molecule has 1 aliphatic heterocycles. The fourth-order valence-electron chi connectivity index (χ4n) is 3.09. The van der Waals surface area contributed by atoms with E-state index in [9.17, 15) is 4.79 Å². The number of pyridine rings is 1. The Bertz CT molecular complexity index is 715. The van der Waals surface area contributed by atoms with Gasteiger partial charge in [-0.1, -0.05) is 0 Å². The van der Waals surface area contributed by atoms with Crippen LogP contribution in [0.1, 0.15) is 25.3 Å². The minimum absolute atomic E-state index is 0.0415. The number of hydrogen-bond donors (Lipinski definition) is 0. The van der Waals surface area contributed by atoms with Crippen LogP contribution in [0, 0.1) is 5.92 Å². The lowest BCUT2D eigenvalue weighted by Gasteiger charge is -2.24. The Labute approximate surface area is 141 Å². The zero-order chi connectivity index (χ0) is 17.1. The first-order valence-electron chi connectivity index (χ1n) is 8.06. The monoisotopic (exact) mass is 330 g/mol. The van der Waals surface area contributed by atoms with Crippen LogP contribution in [0.3, 0.4) is 0 Å². The third kappa shape index (κ3) is 2.87. The predicted molar refractivity (Wildman–Crippen MR) is 88.9 cm³/mol. The third-order valence-corrected chi connectivity index (χ3v) is 4.37. The van der Waals surface area contributed by atoms with E-state index in [4.69, 9.17) is 9.47 Å². The zero-order valence-corrected chi connectivity index (χ0v) is 14.2. The molecular weight excluding hydrogens is 308 g/mol. The van der Waals surface area contributed by atoms with Gasteiger partial charge in [0.25, 0.3) is 0 Å². The van der Waals surface area contributed by atoms with Gasteiger partial charge in [0.2, 0.25) is 5.91 Å². The number of nitrogens with zero attached hydrogens (tertiary/aromatic N) is 4. The molecule has 3 rings (SSSR count). The number of hydrogen-bond acceptors (Lipinski definition) is 5. The first kappa shape index (κ1) is 16.4. The number of aromatic nitrogens is 3. The Kier molecular flexibility index (Phi) is 4.80. The fourth-order valence-corrected chi connectivity index (χ4v) is 3.09. The van der Waals surface area contributed by atoms with Crippen LogP contribution in [0.25, 0.3) is 0 Å². The third-order valence-electron chi connectivity index (χ3n) is 4.37. The number of methoxy groups -OCH3 is 1. The highest BCUT2D eigenvalue weighted by Crippen LogP contribution is 2.36. The summed E-state index contributed by atoms with van der Waals surface area (Å²) in [4.78, 5) is 23.3. The van der Waals surface area contributed by atoms with Gasteiger partial charge in [-0.3, -0.25) is 9.69 Å². The first-order valence-corrected chi connectivity index (χ1v) is 8.06. The van der Waals surface area contributed by atoms with Crippen LogP contribution in [-0.4, -0.2) is 41.2 Å². The number of carbonyl (C=O) groups excluding carboxylic acids is 1. The van der Waals surface area contributed by atoms with Crippen LogP contribution in [0.15, 0.2) is 30.7 Å². The molecule has 1 amide bonds. The summed E-state index contributed by atoms with van der Waals surface area (Å²) in [5, 5.41) is 0. The molecule has 2 atom stereocenters. The number of amides is 1. The summed E-state index contributed by atoms with van der Waals surface area (Å²) >= 11 is 0. The lowest BCUT2D eigenvalue weighted by Crippen LogP contribution is -2.35. The van der Waals surface area contributed by atoms with Gasteiger partial charge in [0.1, 0.15) is 11.9 Å². The largest absolute Gasteiger partial charge is 0.493 e. The van der Waals surface area contributed by atoms with E-state index in [0.717, 1.165) is 12.4 Å². The number of anilines is 1. The van der Waals surface area contributed by atoms with Crippen LogP contribution in [0.5, 0.6) is 5.75 Å². The molecule has 1 aliphatic rings. The summed E-state index contributed by atoms with van der Waals surface area (Å²) in [6.07, 6.45) is 5.63. The average Bonchev–Trinajstić information content (AvgIpc) is 3.28. The van der Waals surface area contributed by atoms with E-state index in [-0.39, 0.29) is 17.9 Å². The van der Waals surface area contributed by atoms with Crippen LogP contribution in [0.2, 0.25) is 0 Å². The topological polar surface area (TPSA) is 69.5 Å². The normalized spacial score (nSPS) is 20.1. The van der Waals surface area contributed by atoms with Crippen molar-refractivity contribution in [2.24, 2.45) is 5.92 Å².